The molecular formula is C17H26ClNO2. The van der Waals surface area contributed by atoms with Crippen LogP contribution in [0.2, 0.25) is 5.02 Å². The van der Waals surface area contributed by atoms with Crippen molar-refractivity contribution in [2.24, 2.45) is 11.8 Å². The molecule has 1 saturated heterocycles. The number of benzene rings is 1. The lowest BCUT2D eigenvalue weighted by Gasteiger charge is -2.29. The Morgan fingerprint density at radius 2 is 2.00 bits per heavy atom. The van der Waals surface area contributed by atoms with E-state index in [2.05, 4.69) is 26.1 Å². The van der Waals surface area contributed by atoms with E-state index >= 15 is 0 Å². The van der Waals surface area contributed by atoms with E-state index in [1.165, 1.54) is 0 Å². The highest BCUT2D eigenvalue weighted by atomic mass is 35.5. The fraction of sp³-hybridized carbons (Fsp3) is 0.647. The van der Waals surface area contributed by atoms with E-state index < -0.39 is 0 Å². The van der Waals surface area contributed by atoms with E-state index in [9.17, 15) is 0 Å². The molecule has 1 aliphatic rings. The lowest BCUT2D eigenvalue weighted by Crippen LogP contribution is -2.41. The van der Waals surface area contributed by atoms with Gasteiger partial charge < -0.3 is 14.8 Å². The molecule has 1 heterocycles. The van der Waals surface area contributed by atoms with Crippen molar-refractivity contribution >= 4 is 11.6 Å². The van der Waals surface area contributed by atoms with Crippen molar-refractivity contribution < 1.29 is 9.47 Å². The maximum Gasteiger partial charge on any atom is 0.122 e. The summed E-state index contributed by atoms with van der Waals surface area (Å²) in [6, 6.07) is 6.14. The fourth-order valence-electron chi connectivity index (χ4n) is 3.56. The number of hydrogen-bond donors (Lipinski definition) is 1. The second kappa shape index (κ2) is 6.99. The predicted octanol–water partition coefficient (Wildman–Crippen LogP) is 3.54. The van der Waals surface area contributed by atoms with Crippen molar-refractivity contribution in [1.29, 1.82) is 0 Å². The van der Waals surface area contributed by atoms with E-state index in [0.717, 1.165) is 22.8 Å². The first-order valence-corrected chi connectivity index (χ1v) is 8.00. The lowest BCUT2D eigenvalue weighted by molar-refractivity contribution is 0.0478. The Balaban J connectivity index is 2.21. The minimum absolute atomic E-state index is 0.262. The van der Waals surface area contributed by atoms with E-state index in [4.69, 9.17) is 21.1 Å². The summed E-state index contributed by atoms with van der Waals surface area (Å²) in [4.78, 5) is 0. The molecule has 3 nitrogen and oxygen atoms in total. The zero-order chi connectivity index (χ0) is 15.6. The van der Waals surface area contributed by atoms with E-state index in [1.54, 1.807) is 7.11 Å². The Morgan fingerprint density at radius 3 is 2.52 bits per heavy atom. The first-order chi connectivity index (χ1) is 9.97. The quantitative estimate of drug-likeness (QED) is 0.902. The zero-order valence-electron chi connectivity index (χ0n) is 13.5. The van der Waals surface area contributed by atoms with Crippen LogP contribution in [0.4, 0.5) is 0 Å². The molecule has 0 saturated carbocycles. The number of methoxy groups -OCH3 is 1. The van der Waals surface area contributed by atoms with Crippen LogP contribution in [-0.2, 0) is 11.2 Å². The van der Waals surface area contributed by atoms with Crippen LogP contribution in [0, 0.1) is 11.8 Å². The van der Waals surface area contributed by atoms with E-state index in [-0.39, 0.29) is 6.10 Å². The summed E-state index contributed by atoms with van der Waals surface area (Å²) in [7, 11) is 3.72. The molecule has 0 aliphatic carbocycles. The molecule has 1 fully saturated rings. The van der Waals surface area contributed by atoms with Crippen molar-refractivity contribution in [3.8, 4) is 5.75 Å². The molecule has 21 heavy (non-hydrogen) atoms. The number of halogens is 1. The first kappa shape index (κ1) is 16.6. The topological polar surface area (TPSA) is 30.5 Å². The van der Waals surface area contributed by atoms with Crippen molar-refractivity contribution in [2.75, 3.05) is 14.2 Å². The molecule has 5 unspecified atom stereocenters. The van der Waals surface area contributed by atoms with Crippen LogP contribution < -0.4 is 10.1 Å². The maximum absolute atomic E-state index is 6.14. The molecule has 1 aliphatic heterocycles. The average molecular weight is 312 g/mol. The van der Waals surface area contributed by atoms with E-state index in [0.29, 0.717) is 24.0 Å². The molecule has 4 heteroatoms. The highest BCUT2D eigenvalue weighted by Gasteiger charge is 2.41. The molecule has 0 bridgehead atoms. The van der Waals surface area contributed by atoms with Gasteiger partial charge in [0.25, 0.3) is 0 Å². The smallest absolute Gasteiger partial charge is 0.122 e. The third-order valence-electron chi connectivity index (χ3n) is 4.84. The second-order valence-corrected chi connectivity index (χ2v) is 6.47. The largest absolute Gasteiger partial charge is 0.496 e. The van der Waals surface area contributed by atoms with Gasteiger partial charge in [0.1, 0.15) is 5.75 Å². The van der Waals surface area contributed by atoms with Gasteiger partial charge in [-0.25, -0.2) is 0 Å². The summed E-state index contributed by atoms with van der Waals surface area (Å²) in [5.74, 6) is 1.91. The molecule has 0 spiro atoms. The molecule has 1 aromatic rings. The standard InChI is InChI=1S/C17H26ClNO2/c1-10-11(2)21-12(3)17(10)15(19-4)9-13-8-14(18)6-7-16(13)20-5/h6-8,10-12,15,17,19H,9H2,1-5H3. The summed E-state index contributed by atoms with van der Waals surface area (Å²) in [6.45, 7) is 6.61. The van der Waals surface area contributed by atoms with E-state index in [1.807, 2.05) is 25.2 Å². The van der Waals surface area contributed by atoms with Crippen LogP contribution in [0.25, 0.3) is 0 Å². The maximum atomic E-state index is 6.14. The summed E-state index contributed by atoms with van der Waals surface area (Å²) >= 11 is 6.14. The molecule has 2 rings (SSSR count). The number of likely N-dealkylation sites (N-methyl/N-ethyl adjacent to an activating group) is 1. The Kier molecular flexibility index (Phi) is 5.53. The third kappa shape index (κ3) is 3.53. The van der Waals surface area contributed by atoms with Crippen molar-refractivity contribution in [2.45, 2.75) is 45.4 Å². The van der Waals surface area contributed by atoms with Gasteiger partial charge in [-0.2, -0.15) is 0 Å². The minimum Gasteiger partial charge on any atom is -0.496 e. The molecule has 118 valence electrons. The normalized spacial score (nSPS) is 30.4. The summed E-state index contributed by atoms with van der Waals surface area (Å²) in [5.41, 5.74) is 1.14. The molecule has 5 atom stereocenters. The van der Waals surface area contributed by atoms with Gasteiger partial charge in [0.05, 0.1) is 19.3 Å². The minimum atomic E-state index is 0.262. The average Bonchev–Trinajstić information content (AvgIpc) is 2.70. The highest BCUT2D eigenvalue weighted by molar-refractivity contribution is 6.30. The van der Waals surface area contributed by atoms with Gasteiger partial charge in [-0.1, -0.05) is 18.5 Å². The van der Waals surface area contributed by atoms with Gasteiger partial charge in [0, 0.05) is 17.0 Å². The monoisotopic (exact) mass is 311 g/mol. The second-order valence-electron chi connectivity index (χ2n) is 6.04. The van der Waals surface area contributed by atoms with Crippen molar-refractivity contribution in [1.82, 2.24) is 5.32 Å². The SMILES string of the molecule is CNC(Cc1cc(Cl)ccc1OC)C1C(C)OC(C)C1C. The van der Waals surface area contributed by atoms with Gasteiger partial charge >= 0.3 is 0 Å². The van der Waals surface area contributed by atoms with Crippen LogP contribution in [0.5, 0.6) is 5.75 Å². The van der Waals surface area contributed by atoms with Gasteiger partial charge in [-0.05, 0) is 57.0 Å². The number of hydrogen-bond acceptors (Lipinski definition) is 3. The number of rotatable bonds is 5. The first-order valence-electron chi connectivity index (χ1n) is 7.63. The van der Waals surface area contributed by atoms with Gasteiger partial charge in [0.15, 0.2) is 0 Å². The van der Waals surface area contributed by atoms with Crippen LogP contribution in [0.3, 0.4) is 0 Å². The Hall–Kier alpha value is -0.770. The highest BCUT2D eigenvalue weighted by Crippen LogP contribution is 2.36. The van der Waals surface area contributed by atoms with Crippen LogP contribution >= 0.6 is 11.6 Å². The Bertz CT molecular complexity index is 480. The summed E-state index contributed by atoms with van der Waals surface area (Å²) in [6.07, 6.45) is 1.45. The Morgan fingerprint density at radius 1 is 1.29 bits per heavy atom. The van der Waals surface area contributed by atoms with Crippen LogP contribution in [-0.4, -0.2) is 32.4 Å². The van der Waals surface area contributed by atoms with Gasteiger partial charge in [-0.15, -0.1) is 0 Å². The summed E-state index contributed by atoms with van der Waals surface area (Å²) in [5, 5.41) is 4.21. The molecular weight excluding hydrogens is 286 g/mol. The predicted molar refractivity (Wildman–Crippen MR) is 87.2 cm³/mol. The molecule has 1 aromatic carbocycles. The van der Waals surface area contributed by atoms with Crippen molar-refractivity contribution in [3.63, 3.8) is 0 Å². The molecule has 1 N–H and O–H groups in total. The zero-order valence-corrected chi connectivity index (χ0v) is 14.3. The third-order valence-corrected chi connectivity index (χ3v) is 5.07. The van der Waals surface area contributed by atoms with Crippen LogP contribution in [0.15, 0.2) is 18.2 Å². The number of ether oxygens (including phenoxy) is 2. The molecule has 0 radical (unpaired) electrons. The van der Waals surface area contributed by atoms with Crippen LogP contribution in [0.1, 0.15) is 26.3 Å². The van der Waals surface area contributed by atoms with Gasteiger partial charge in [-0.3, -0.25) is 0 Å². The van der Waals surface area contributed by atoms with Gasteiger partial charge in [0.2, 0.25) is 0 Å². The lowest BCUT2D eigenvalue weighted by atomic mass is 9.81. The van der Waals surface area contributed by atoms with Crippen molar-refractivity contribution in [3.05, 3.63) is 28.8 Å². The fourth-order valence-corrected chi connectivity index (χ4v) is 3.76. The summed E-state index contributed by atoms with van der Waals surface area (Å²) < 4.78 is 11.5. The molecule has 0 amide bonds. The number of nitrogens with one attached hydrogen (secondary N) is 1. The Labute approximate surface area is 133 Å². The molecule has 0 aromatic heterocycles.